The maximum absolute atomic E-state index is 12.9. The first-order chi connectivity index (χ1) is 17.5. The lowest BCUT2D eigenvalue weighted by molar-refractivity contribution is -0.128. The highest BCUT2D eigenvalue weighted by atomic mass is 35.5. The van der Waals surface area contributed by atoms with Gasteiger partial charge in [-0.3, -0.25) is 9.59 Å². The molecule has 0 saturated carbocycles. The van der Waals surface area contributed by atoms with E-state index in [9.17, 15) is 9.59 Å². The van der Waals surface area contributed by atoms with Crippen molar-refractivity contribution in [1.29, 1.82) is 0 Å². The number of thioether (sulfide) groups is 1. The molecule has 1 saturated heterocycles. The Bertz CT molecular complexity index is 1390. The Labute approximate surface area is 219 Å². The third-order valence-corrected chi connectivity index (χ3v) is 7.72. The number of halogens is 1. The number of carbonyl (C=O) groups excluding carboxylic acids is 2. The van der Waals surface area contributed by atoms with Crippen molar-refractivity contribution >= 4 is 35.2 Å². The van der Waals surface area contributed by atoms with Gasteiger partial charge >= 0.3 is 0 Å². The van der Waals surface area contributed by atoms with Crippen LogP contribution in [-0.2, 0) is 17.9 Å². The Balaban J connectivity index is 1.26. The largest absolute Gasteiger partial charge is 0.348 e. The molecule has 1 N–H and O–H groups in total. The highest BCUT2D eigenvalue weighted by Gasteiger charge is 2.32. The molecular formula is C28H25ClN4O2S. The van der Waals surface area contributed by atoms with Gasteiger partial charge in [-0.05, 0) is 53.9 Å². The first-order valence-corrected chi connectivity index (χ1v) is 13.0. The molecular weight excluding hydrogens is 492 g/mol. The fourth-order valence-corrected chi connectivity index (χ4v) is 5.61. The lowest BCUT2D eigenvalue weighted by Crippen LogP contribution is -2.27. The molecule has 1 aliphatic rings. The SMILES string of the molecule is Cc1nccn1-c1ccccc1CNC(=O)c1ccc([C@@H]2SCC(=O)N2Cc2ccc(Cl)cc2)cc1. The van der Waals surface area contributed by atoms with Crippen LogP contribution in [0.3, 0.4) is 0 Å². The van der Waals surface area contributed by atoms with E-state index in [4.69, 9.17) is 11.6 Å². The summed E-state index contributed by atoms with van der Waals surface area (Å²) in [5.41, 5.74) is 4.60. The molecule has 0 spiro atoms. The zero-order valence-corrected chi connectivity index (χ0v) is 21.3. The zero-order valence-electron chi connectivity index (χ0n) is 19.7. The molecule has 1 aromatic heterocycles. The van der Waals surface area contributed by atoms with Crippen molar-refractivity contribution in [3.8, 4) is 5.69 Å². The van der Waals surface area contributed by atoms with Crippen molar-refractivity contribution in [3.63, 3.8) is 0 Å². The van der Waals surface area contributed by atoms with E-state index in [0.717, 1.165) is 28.2 Å². The molecule has 6 nitrogen and oxygen atoms in total. The second-order valence-electron chi connectivity index (χ2n) is 8.59. The van der Waals surface area contributed by atoms with Crippen LogP contribution < -0.4 is 5.32 Å². The fraction of sp³-hybridized carbons (Fsp3) is 0.179. The van der Waals surface area contributed by atoms with E-state index in [-0.39, 0.29) is 17.2 Å². The molecule has 8 heteroatoms. The normalized spacial score (nSPS) is 15.3. The van der Waals surface area contributed by atoms with Crippen LogP contribution >= 0.6 is 23.4 Å². The number of imidazole rings is 1. The lowest BCUT2D eigenvalue weighted by Gasteiger charge is -2.24. The van der Waals surface area contributed by atoms with Gasteiger partial charge in [0.1, 0.15) is 11.2 Å². The standard InChI is InChI=1S/C28H25ClN4O2S/c1-19-30-14-15-32(19)25-5-3-2-4-23(25)16-31-27(35)21-8-10-22(11-9-21)28-33(26(34)18-36-28)17-20-6-12-24(29)13-7-20/h2-15,28H,16-18H2,1H3,(H,31,35)/t28-/m0/s1. The number of aryl methyl sites for hydroxylation is 1. The van der Waals surface area contributed by atoms with Crippen LogP contribution in [0.1, 0.15) is 38.2 Å². The van der Waals surface area contributed by atoms with E-state index in [0.29, 0.717) is 29.4 Å². The smallest absolute Gasteiger partial charge is 0.251 e. The highest BCUT2D eigenvalue weighted by Crippen LogP contribution is 2.39. The summed E-state index contributed by atoms with van der Waals surface area (Å²) < 4.78 is 2.01. The molecule has 0 aliphatic carbocycles. The van der Waals surface area contributed by atoms with E-state index in [1.807, 2.05) is 95.4 Å². The van der Waals surface area contributed by atoms with Crippen molar-refractivity contribution in [1.82, 2.24) is 19.8 Å². The second-order valence-corrected chi connectivity index (χ2v) is 10.1. The minimum Gasteiger partial charge on any atom is -0.348 e. The van der Waals surface area contributed by atoms with Gasteiger partial charge in [0, 0.05) is 36.1 Å². The zero-order chi connectivity index (χ0) is 25.1. The van der Waals surface area contributed by atoms with Crippen molar-refractivity contribution in [2.75, 3.05) is 5.75 Å². The lowest BCUT2D eigenvalue weighted by atomic mass is 10.1. The van der Waals surface area contributed by atoms with Crippen molar-refractivity contribution in [2.45, 2.75) is 25.4 Å². The van der Waals surface area contributed by atoms with Crippen LogP contribution in [0.25, 0.3) is 5.69 Å². The minimum atomic E-state index is -0.146. The maximum atomic E-state index is 12.9. The van der Waals surface area contributed by atoms with Gasteiger partial charge in [0.2, 0.25) is 5.91 Å². The van der Waals surface area contributed by atoms with Gasteiger partial charge in [0.15, 0.2) is 0 Å². The summed E-state index contributed by atoms with van der Waals surface area (Å²) in [6.45, 7) is 2.87. The summed E-state index contributed by atoms with van der Waals surface area (Å²) in [6.07, 6.45) is 3.68. The molecule has 1 atom stereocenters. The molecule has 0 bridgehead atoms. The van der Waals surface area contributed by atoms with Crippen LogP contribution in [0.15, 0.2) is 85.2 Å². The number of hydrogen-bond donors (Lipinski definition) is 1. The van der Waals surface area contributed by atoms with Crippen molar-refractivity contribution in [3.05, 3.63) is 118 Å². The topological polar surface area (TPSA) is 67.2 Å². The molecule has 1 aliphatic heterocycles. The van der Waals surface area contributed by atoms with Crippen molar-refractivity contribution < 1.29 is 9.59 Å². The molecule has 0 unspecified atom stereocenters. The first-order valence-electron chi connectivity index (χ1n) is 11.6. The van der Waals surface area contributed by atoms with Crippen LogP contribution in [-0.4, -0.2) is 32.0 Å². The van der Waals surface area contributed by atoms with Crippen LogP contribution in [0.4, 0.5) is 0 Å². The van der Waals surface area contributed by atoms with Crippen LogP contribution in [0, 0.1) is 6.92 Å². The molecule has 4 aromatic rings. The number of amides is 2. The summed E-state index contributed by atoms with van der Waals surface area (Å²) in [4.78, 5) is 31.6. The number of benzene rings is 3. The highest BCUT2D eigenvalue weighted by molar-refractivity contribution is 8.00. The fourth-order valence-electron chi connectivity index (χ4n) is 4.29. The van der Waals surface area contributed by atoms with Gasteiger partial charge in [0.05, 0.1) is 11.4 Å². The molecule has 36 heavy (non-hydrogen) atoms. The Morgan fingerprint density at radius 1 is 1.08 bits per heavy atom. The van der Waals surface area contributed by atoms with Crippen molar-refractivity contribution in [2.24, 2.45) is 0 Å². The first kappa shape index (κ1) is 24.2. The van der Waals surface area contributed by atoms with E-state index < -0.39 is 0 Å². The molecule has 1 fully saturated rings. The average Bonchev–Trinajstić information content (AvgIpc) is 3.49. The Kier molecular flexibility index (Phi) is 7.11. The molecule has 2 amide bonds. The third kappa shape index (κ3) is 5.17. The molecule has 3 aromatic carbocycles. The third-order valence-electron chi connectivity index (χ3n) is 6.21. The number of carbonyl (C=O) groups is 2. The van der Waals surface area contributed by atoms with Gasteiger partial charge < -0.3 is 14.8 Å². The number of rotatable bonds is 7. The molecule has 182 valence electrons. The average molecular weight is 517 g/mol. The monoisotopic (exact) mass is 516 g/mol. The summed E-state index contributed by atoms with van der Waals surface area (Å²) in [5.74, 6) is 1.29. The summed E-state index contributed by atoms with van der Waals surface area (Å²) in [7, 11) is 0. The Morgan fingerprint density at radius 3 is 2.56 bits per heavy atom. The predicted molar refractivity (Wildman–Crippen MR) is 143 cm³/mol. The van der Waals surface area contributed by atoms with E-state index in [1.54, 1.807) is 18.0 Å². The minimum absolute atomic E-state index is 0.0874. The van der Waals surface area contributed by atoms with Gasteiger partial charge in [-0.25, -0.2) is 4.98 Å². The molecule has 2 heterocycles. The maximum Gasteiger partial charge on any atom is 0.251 e. The van der Waals surface area contributed by atoms with Gasteiger partial charge in [-0.2, -0.15) is 0 Å². The van der Waals surface area contributed by atoms with E-state index in [2.05, 4.69) is 10.3 Å². The van der Waals surface area contributed by atoms with Gasteiger partial charge in [-0.1, -0.05) is 54.1 Å². The number of nitrogens with zero attached hydrogens (tertiary/aromatic N) is 3. The number of hydrogen-bond acceptors (Lipinski definition) is 4. The number of nitrogens with one attached hydrogen (secondary N) is 1. The molecule has 5 rings (SSSR count). The molecule has 0 radical (unpaired) electrons. The second kappa shape index (κ2) is 10.6. The van der Waals surface area contributed by atoms with E-state index >= 15 is 0 Å². The van der Waals surface area contributed by atoms with Crippen LogP contribution in [0.5, 0.6) is 0 Å². The summed E-state index contributed by atoms with van der Waals surface area (Å²) in [5, 5.41) is 3.61. The quantitative estimate of drug-likeness (QED) is 0.350. The Morgan fingerprint density at radius 2 is 1.83 bits per heavy atom. The summed E-state index contributed by atoms with van der Waals surface area (Å²) >= 11 is 7.59. The van der Waals surface area contributed by atoms with Crippen LogP contribution in [0.2, 0.25) is 5.02 Å². The Hall–Kier alpha value is -3.55. The van der Waals surface area contributed by atoms with E-state index in [1.165, 1.54) is 0 Å². The number of aromatic nitrogens is 2. The van der Waals surface area contributed by atoms with Gasteiger partial charge in [0.25, 0.3) is 5.91 Å². The summed E-state index contributed by atoms with van der Waals surface area (Å²) in [6, 6.07) is 23.0. The van der Waals surface area contributed by atoms with Gasteiger partial charge in [-0.15, -0.1) is 11.8 Å². The number of para-hydroxylation sites is 1. The predicted octanol–water partition coefficient (Wildman–Crippen LogP) is 5.54.